The average Bonchev–Trinajstić information content (AvgIpc) is 2.45. The Morgan fingerprint density at radius 2 is 1.14 bits per heavy atom. The Morgan fingerprint density at radius 1 is 0.818 bits per heavy atom. The normalized spacial score (nSPS) is 10.5. The van der Waals surface area contributed by atoms with Crippen molar-refractivity contribution in [3.05, 3.63) is 0 Å². The van der Waals surface area contributed by atoms with Gasteiger partial charge in [-0.05, 0) is 36.7 Å². The highest BCUT2D eigenvalue weighted by Gasteiger charge is 2.36. The largest absolute Gasteiger partial charge is 0.486 e. The summed E-state index contributed by atoms with van der Waals surface area (Å²) in [5, 5.41) is 1.09. The standard InChI is InChI=1S/C13H20O5S4/c1-9(20)15-5-13(6-16-10(2)21,7-17-11(3)22)8-18-12(14)4-19/h19H,4-8H2,1-3H3. The van der Waals surface area contributed by atoms with Crippen molar-refractivity contribution < 1.29 is 23.7 Å². The van der Waals surface area contributed by atoms with Crippen LogP contribution < -0.4 is 0 Å². The second kappa shape index (κ2) is 11.1. The number of ether oxygens (including phenoxy) is 4. The lowest BCUT2D eigenvalue weighted by atomic mass is 9.92. The summed E-state index contributed by atoms with van der Waals surface area (Å²) in [4.78, 5) is 11.4. The number of hydrogen-bond donors (Lipinski definition) is 1. The quantitative estimate of drug-likeness (QED) is 0.370. The highest BCUT2D eigenvalue weighted by atomic mass is 32.1. The number of carbonyl (C=O) groups excluding carboxylic acids is 1. The maximum Gasteiger partial charge on any atom is 0.315 e. The monoisotopic (exact) mass is 384 g/mol. The van der Waals surface area contributed by atoms with Crippen LogP contribution in [0.25, 0.3) is 0 Å². The Bertz CT molecular complexity index is 379. The summed E-state index contributed by atoms with van der Waals surface area (Å²) in [7, 11) is 0. The van der Waals surface area contributed by atoms with Gasteiger partial charge in [-0.25, -0.2) is 0 Å². The summed E-state index contributed by atoms with van der Waals surface area (Å²) in [6.45, 7) is 5.40. The molecule has 126 valence electrons. The topological polar surface area (TPSA) is 54.0 Å². The highest BCUT2D eigenvalue weighted by Crippen LogP contribution is 2.22. The maximum atomic E-state index is 11.4. The van der Waals surface area contributed by atoms with Gasteiger partial charge in [-0.2, -0.15) is 12.6 Å². The van der Waals surface area contributed by atoms with Gasteiger partial charge in [-0.1, -0.05) is 0 Å². The van der Waals surface area contributed by atoms with Crippen molar-refractivity contribution in [1.29, 1.82) is 0 Å². The van der Waals surface area contributed by atoms with Crippen LogP contribution in [-0.2, 0) is 23.7 Å². The molecule has 0 saturated carbocycles. The van der Waals surface area contributed by atoms with Gasteiger partial charge in [0.05, 0.1) is 5.75 Å². The summed E-state index contributed by atoms with van der Waals surface area (Å²) < 4.78 is 21.4. The average molecular weight is 385 g/mol. The van der Waals surface area contributed by atoms with E-state index in [2.05, 4.69) is 12.6 Å². The van der Waals surface area contributed by atoms with Crippen LogP contribution in [-0.4, -0.2) is 53.3 Å². The number of thiocarbonyl (C=S) groups is 3. The van der Waals surface area contributed by atoms with Crippen LogP contribution in [0.15, 0.2) is 0 Å². The van der Waals surface area contributed by atoms with E-state index in [4.69, 9.17) is 55.6 Å². The lowest BCUT2D eigenvalue weighted by molar-refractivity contribution is -0.147. The third-order valence-corrected chi connectivity index (χ3v) is 3.03. The zero-order chi connectivity index (χ0) is 17.2. The Labute approximate surface area is 152 Å². The second-order valence-corrected chi connectivity index (χ2v) is 6.70. The van der Waals surface area contributed by atoms with Crippen molar-refractivity contribution in [2.24, 2.45) is 5.41 Å². The van der Waals surface area contributed by atoms with Gasteiger partial charge in [0.2, 0.25) is 0 Å². The van der Waals surface area contributed by atoms with Gasteiger partial charge in [0.25, 0.3) is 0 Å². The smallest absolute Gasteiger partial charge is 0.315 e. The van der Waals surface area contributed by atoms with Crippen molar-refractivity contribution in [3.63, 3.8) is 0 Å². The molecule has 0 aliphatic rings. The minimum atomic E-state index is -0.779. The predicted octanol–water partition coefficient (Wildman–Crippen LogP) is 2.54. The van der Waals surface area contributed by atoms with Crippen LogP contribution in [0.3, 0.4) is 0 Å². The first-order chi connectivity index (χ1) is 10.2. The van der Waals surface area contributed by atoms with Gasteiger partial charge >= 0.3 is 5.97 Å². The van der Waals surface area contributed by atoms with E-state index in [1.165, 1.54) is 0 Å². The van der Waals surface area contributed by atoms with Crippen molar-refractivity contribution >= 4 is 70.4 Å². The molecule has 9 heteroatoms. The lowest BCUT2D eigenvalue weighted by Gasteiger charge is -2.32. The molecule has 0 aliphatic heterocycles. The molecule has 0 saturated heterocycles. The van der Waals surface area contributed by atoms with Gasteiger partial charge in [-0.3, -0.25) is 4.79 Å². The Hall–Kier alpha value is -0.510. The highest BCUT2D eigenvalue weighted by molar-refractivity contribution is 7.81. The number of carbonyl (C=O) groups is 1. The van der Waals surface area contributed by atoms with Crippen LogP contribution in [0.1, 0.15) is 20.8 Å². The summed E-state index contributed by atoms with van der Waals surface area (Å²) in [5.74, 6) is -0.478. The van der Waals surface area contributed by atoms with Gasteiger partial charge in [0.1, 0.15) is 31.8 Å². The van der Waals surface area contributed by atoms with Crippen molar-refractivity contribution in [3.8, 4) is 0 Å². The molecule has 0 unspecified atom stereocenters. The molecular weight excluding hydrogens is 364 g/mol. The number of esters is 1. The van der Waals surface area contributed by atoms with Crippen LogP contribution in [0.2, 0.25) is 0 Å². The zero-order valence-electron chi connectivity index (χ0n) is 12.7. The van der Waals surface area contributed by atoms with Crippen LogP contribution in [0, 0.1) is 5.41 Å². The summed E-state index contributed by atoms with van der Waals surface area (Å²) >= 11 is 18.6. The fourth-order valence-corrected chi connectivity index (χ4v) is 1.56. The van der Waals surface area contributed by atoms with Gasteiger partial charge < -0.3 is 18.9 Å². The second-order valence-electron chi connectivity index (χ2n) is 4.66. The molecule has 0 aromatic heterocycles. The van der Waals surface area contributed by atoms with E-state index in [1.807, 2.05) is 0 Å². The Morgan fingerprint density at radius 3 is 1.41 bits per heavy atom. The molecule has 0 radical (unpaired) electrons. The minimum Gasteiger partial charge on any atom is -0.486 e. The zero-order valence-corrected chi connectivity index (χ0v) is 16.1. The van der Waals surface area contributed by atoms with Gasteiger partial charge in [0, 0.05) is 20.8 Å². The summed E-state index contributed by atoms with van der Waals surface area (Å²) in [5.41, 5.74) is -0.779. The maximum absolute atomic E-state index is 11.4. The van der Waals surface area contributed by atoms with Crippen molar-refractivity contribution in [1.82, 2.24) is 0 Å². The fourth-order valence-electron chi connectivity index (χ4n) is 1.29. The minimum absolute atomic E-state index is 0.0141. The molecule has 0 bridgehead atoms. The molecule has 22 heavy (non-hydrogen) atoms. The lowest BCUT2D eigenvalue weighted by Crippen LogP contribution is -2.43. The van der Waals surface area contributed by atoms with E-state index in [9.17, 15) is 4.79 Å². The molecule has 0 heterocycles. The van der Waals surface area contributed by atoms with Crippen LogP contribution in [0.4, 0.5) is 0 Å². The molecular formula is C13H20O5S4. The van der Waals surface area contributed by atoms with Gasteiger partial charge in [-0.15, -0.1) is 0 Å². The van der Waals surface area contributed by atoms with E-state index in [0.717, 1.165) is 0 Å². The first kappa shape index (κ1) is 21.5. The van der Waals surface area contributed by atoms with Crippen LogP contribution in [0.5, 0.6) is 0 Å². The molecule has 0 aromatic rings. The number of hydrogen-bond acceptors (Lipinski definition) is 9. The molecule has 0 atom stereocenters. The molecule has 0 aromatic carbocycles. The van der Waals surface area contributed by atoms with Gasteiger partial charge in [0.15, 0.2) is 15.2 Å². The number of thiol groups is 1. The third kappa shape index (κ3) is 10.3. The van der Waals surface area contributed by atoms with Crippen molar-refractivity contribution in [2.75, 3.05) is 32.2 Å². The first-order valence-corrected chi connectivity index (χ1v) is 8.23. The van der Waals surface area contributed by atoms with Crippen LogP contribution >= 0.6 is 49.3 Å². The first-order valence-electron chi connectivity index (χ1n) is 6.37. The summed E-state index contributed by atoms with van der Waals surface area (Å²) in [6.07, 6.45) is 0. The Balaban J connectivity index is 5.06. The molecule has 0 spiro atoms. The molecule has 5 nitrogen and oxygen atoms in total. The van der Waals surface area contributed by atoms with E-state index in [1.54, 1.807) is 20.8 Å². The van der Waals surface area contributed by atoms with E-state index in [0.29, 0.717) is 15.2 Å². The molecule has 0 rings (SSSR count). The molecule has 0 aliphatic carbocycles. The van der Waals surface area contributed by atoms with E-state index >= 15 is 0 Å². The molecule has 0 amide bonds. The third-order valence-electron chi connectivity index (χ3n) is 2.41. The van der Waals surface area contributed by atoms with E-state index in [-0.39, 0.29) is 32.2 Å². The number of rotatable bonds is 9. The molecule has 0 N–H and O–H groups in total. The SMILES string of the molecule is CC(=S)OCC(COC(=O)CS)(COC(C)=S)COC(C)=S. The van der Waals surface area contributed by atoms with E-state index < -0.39 is 11.4 Å². The molecule has 0 fully saturated rings. The summed E-state index contributed by atoms with van der Waals surface area (Å²) in [6, 6.07) is 0. The van der Waals surface area contributed by atoms with Crippen molar-refractivity contribution in [2.45, 2.75) is 20.8 Å². The predicted molar refractivity (Wildman–Crippen MR) is 99.9 cm³/mol. The Kier molecular flexibility index (Phi) is 10.8. The fraction of sp³-hybridized carbons (Fsp3) is 0.692.